The number of hydrogen-bond donors (Lipinski definition) is 2. The summed E-state index contributed by atoms with van der Waals surface area (Å²) in [7, 11) is 2.27. The lowest BCUT2D eigenvalue weighted by atomic mass is 10.1. The van der Waals surface area contributed by atoms with Crippen LogP contribution in [0.1, 0.15) is 43.0 Å². The minimum absolute atomic E-state index is 0.112. The molecule has 63 heavy (non-hydrogen) atoms. The second-order valence-electron chi connectivity index (χ2n) is 13.7. The third-order valence-electron chi connectivity index (χ3n) is 9.13. The molecule has 17 heteroatoms. The number of carbonyl (C=O) groups is 2. The molecule has 8 nitrogen and oxygen atoms in total. The summed E-state index contributed by atoms with van der Waals surface area (Å²) in [5.74, 6) is -1.32. The lowest BCUT2D eigenvalue weighted by Gasteiger charge is -2.13. The molecule has 2 heterocycles. The van der Waals surface area contributed by atoms with Crippen LogP contribution in [0.3, 0.4) is 0 Å². The first-order valence-electron chi connectivity index (χ1n) is 18.6. The summed E-state index contributed by atoms with van der Waals surface area (Å²) in [5, 5.41) is 3.58. The van der Waals surface area contributed by atoms with Crippen LogP contribution in [0.25, 0.3) is 41.6 Å². The molecular weight excluding hydrogens is 886 g/mol. The van der Waals surface area contributed by atoms with Gasteiger partial charge in [-0.05, 0) is 146 Å². The summed E-state index contributed by atoms with van der Waals surface area (Å²) >= 11 is 8.36. The normalized spacial score (nSPS) is 11.3. The van der Waals surface area contributed by atoms with Crippen molar-refractivity contribution in [1.29, 1.82) is 0 Å². The van der Waals surface area contributed by atoms with Crippen molar-refractivity contribution in [2.24, 2.45) is 0 Å². The quantitative estimate of drug-likeness (QED) is 0.0929. The second-order valence-corrected chi connectivity index (χ2v) is 16.1. The largest absolute Gasteiger partial charge is 0.496 e. The Kier molecular flexibility index (Phi) is 14.1. The number of nitrogens with two attached hydrogens (primary N) is 1. The van der Waals surface area contributed by atoms with Gasteiger partial charge in [-0.25, -0.2) is 9.97 Å². The molecule has 0 atom stereocenters. The van der Waals surface area contributed by atoms with Gasteiger partial charge >= 0.3 is 12.4 Å². The number of aryl methyl sites for hydroxylation is 2. The van der Waals surface area contributed by atoms with Gasteiger partial charge in [0.1, 0.15) is 21.5 Å². The predicted molar refractivity (Wildman–Crippen MR) is 238 cm³/mol. The predicted octanol–water partition coefficient (Wildman–Crippen LogP) is 13.5. The van der Waals surface area contributed by atoms with Crippen LogP contribution in [-0.4, -0.2) is 35.3 Å². The molecular formula is C46H35ClF6N4O4S2. The van der Waals surface area contributed by atoms with Gasteiger partial charge in [-0.15, -0.1) is 22.7 Å². The topological polar surface area (TPSA) is 116 Å². The zero-order chi connectivity index (χ0) is 45.6. The summed E-state index contributed by atoms with van der Waals surface area (Å²) in [6.07, 6.45) is -9.20. The number of aromatic nitrogens is 2. The first-order chi connectivity index (χ1) is 29.8. The van der Waals surface area contributed by atoms with Crippen molar-refractivity contribution in [2.75, 3.05) is 25.3 Å². The molecule has 1 amide bonds. The number of carbonyl (C=O) groups excluding carboxylic acids is 2. The van der Waals surface area contributed by atoms with E-state index in [1.54, 1.807) is 34.8 Å². The molecule has 8 rings (SSSR count). The van der Waals surface area contributed by atoms with E-state index in [1.165, 1.54) is 22.4 Å². The van der Waals surface area contributed by atoms with Crippen LogP contribution in [0.2, 0.25) is 0 Å². The Hall–Kier alpha value is -6.49. The van der Waals surface area contributed by atoms with E-state index in [0.29, 0.717) is 11.8 Å². The number of amides is 1. The molecule has 0 aliphatic heterocycles. The molecule has 3 N–H and O–H groups in total. The summed E-state index contributed by atoms with van der Waals surface area (Å²) in [4.78, 5) is 32.4. The van der Waals surface area contributed by atoms with Crippen molar-refractivity contribution >= 4 is 77.2 Å². The number of benzene rings is 6. The number of hydrogen-bond acceptors (Lipinski definition) is 9. The maximum atomic E-state index is 13.2. The van der Waals surface area contributed by atoms with Crippen LogP contribution < -0.4 is 20.5 Å². The summed E-state index contributed by atoms with van der Waals surface area (Å²) < 4.78 is 88.5. The number of methoxy groups -OCH3 is 2. The Morgan fingerprint density at radius 1 is 0.603 bits per heavy atom. The van der Waals surface area contributed by atoms with Crippen LogP contribution in [-0.2, 0) is 12.4 Å². The molecule has 0 radical (unpaired) electrons. The molecule has 0 aliphatic rings. The Bertz CT molecular complexity index is 2920. The standard InChI is InChI=1S/C23H17F3N2O2S.C14H12N2S.C9H6ClF3O2/c1-13-3-9-18-20(11-13)31-22(28-18)14-4-7-16(8-5-14)27-21(29)15-6-10-19(30-2)17(12-15)23(24,25)26;1-9-2-7-12-13(8-9)17-14(16-12)10-3-5-11(15)6-4-10;1-15-7-3-2-5(8(10)14)4-6(7)9(11,12)13/h3-12H,1-2H3,(H,27,29);2-8H,15H2,1H3;2-4H,1H3. The lowest BCUT2D eigenvalue weighted by Crippen LogP contribution is -2.14. The van der Waals surface area contributed by atoms with Gasteiger partial charge in [0, 0.05) is 33.6 Å². The molecule has 324 valence electrons. The van der Waals surface area contributed by atoms with E-state index >= 15 is 0 Å². The van der Waals surface area contributed by atoms with Gasteiger partial charge < -0.3 is 20.5 Å². The number of nitrogens with zero attached hydrogens (tertiary/aromatic N) is 2. The SMILES string of the molecule is COc1ccc(C(=O)Cl)cc1C(F)(F)F.COc1ccc(C(=O)Nc2ccc(-c3nc4ccc(C)cc4s3)cc2)cc1C(F)(F)F.Cc1ccc2nc(-c3ccc(N)cc3)sc2c1. The highest BCUT2D eigenvalue weighted by atomic mass is 35.5. The van der Waals surface area contributed by atoms with Gasteiger partial charge in [0.25, 0.3) is 11.1 Å². The highest BCUT2D eigenvalue weighted by molar-refractivity contribution is 7.22. The Morgan fingerprint density at radius 2 is 1.03 bits per heavy atom. The van der Waals surface area contributed by atoms with Crippen molar-refractivity contribution in [3.63, 3.8) is 0 Å². The molecule has 0 aliphatic carbocycles. The fourth-order valence-electron chi connectivity index (χ4n) is 5.96. The molecule has 2 aromatic heterocycles. The minimum atomic E-state index is -4.63. The molecule has 0 saturated carbocycles. The Balaban J connectivity index is 0.000000174. The number of nitrogen functional groups attached to an aromatic ring is 1. The van der Waals surface area contributed by atoms with Gasteiger partial charge in [-0.1, -0.05) is 12.1 Å². The number of rotatable bonds is 7. The number of nitrogens with one attached hydrogen (secondary N) is 1. The number of thiazole rings is 2. The lowest BCUT2D eigenvalue weighted by molar-refractivity contribution is -0.139. The number of anilines is 2. The first kappa shape index (κ1) is 46.0. The van der Waals surface area contributed by atoms with E-state index in [0.717, 1.165) is 80.5 Å². The number of ether oxygens (including phenoxy) is 2. The van der Waals surface area contributed by atoms with Gasteiger partial charge in [0.15, 0.2) is 0 Å². The maximum Gasteiger partial charge on any atom is 0.419 e. The monoisotopic (exact) mass is 920 g/mol. The smallest absolute Gasteiger partial charge is 0.419 e. The fraction of sp³-hybridized carbons (Fsp3) is 0.130. The van der Waals surface area contributed by atoms with Crippen molar-refractivity contribution in [1.82, 2.24) is 9.97 Å². The number of alkyl halides is 6. The average molecular weight is 921 g/mol. The second kappa shape index (κ2) is 19.3. The third kappa shape index (κ3) is 11.5. The van der Waals surface area contributed by atoms with Crippen LogP contribution >= 0.6 is 34.3 Å². The molecule has 0 fully saturated rings. The van der Waals surface area contributed by atoms with E-state index < -0.39 is 34.6 Å². The van der Waals surface area contributed by atoms with Crippen molar-refractivity contribution in [2.45, 2.75) is 26.2 Å². The van der Waals surface area contributed by atoms with E-state index in [4.69, 9.17) is 22.1 Å². The molecule has 8 aromatic rings. The Labute approximate surface area is 369 Å². The average Bonchev–Trinajstić information content (AvgIpc) is 3.87. The third-order valence-corrected chi connectivity index (χ3v) is 11.5. The van der Waals surface area contributed by atoms with Gasteiger partial charge in [-0.3, -0.25) is 9.59 Å². The highest BCUT2D eigenvalue weighted by Gasteiger charge is 2.36. The number of halogens is 7. The van der Waals surface area contributed by atoms with Crippen LogP contribution in [0.15, 0.2) is 121 Å². The van der Waals surface area contributed by atoms with Crippen LogP contribution in [0.4, 0.5) is 37.7 Å². The van der Waals surface area contributed by atoms with Crippen LogP contribution in [0.5, 0.6) is 11.5 Å². The van der Waals surface area contributed by atoms with E-state index in [-0.39, 0.29) is 22.6 Å². The molecule has 6 aromatic carbocycles. The van der Waals surface area contributed by atoms with Crippen molar-refractivity contribution in [3.8, 4) is 32.6 Å². The zero-order valence-corrected chi connectivity index (χ0v) is 36.0. The van der Waals surface area contributed by atoms with E-state index in [9.17, 15) is 35.9 Å². The van der Waals surface area contributed by atoms with Gasteiger partial charge in [0.2, 0.25) is 0 Å². The van der Waals surface area contributed by atoms with Crippen molar-refractivity contribution in [3.05, 3.63) is 155 Å². The molecule has 0 unspecified atom stereocenters. The van der Waals surface area contributed by atoms with E-state index in [1.807, 2.05) is 55.5 Å². The highest BCUT2D eigenvalue weighted by Crippen LogP contribution is 2.38. The first-order valence-corrected chi connectivity index (χ1v) is 20.6. The summed E-state index contributed by atoms with van der Waals surface area (Å²) in [5.41, 5.74) is 11.0. The molecule has 0 saturated heterocycles. The zero-order valence-electron chi connectivity index (χ0n) is 33.6. The molecule has 0 bridgehead atoms. The fourth-order valence-corrected chi connectivity index (χ4v) is 8.21. The summed E-state index contributed by atoms with van der Waals surface area (Å²) in [6, 6.07) is 33.4. The number of fused-ring (bicyclic) bond motifs is 2. The van der Waals surface area contributed by atoms with Gasteiger partial charge in [-0.2, -0.15) is 26.3 Å². The van der Waals surface area contributed by atoms with Crippen LogP contribution in [0, 0.1) is 13.8 Å². The van der Waals surface area contributed by atoms with Crippen molar-refractivity contribution < 1.29 is 45.4 Å². The Morgan fingerprint density at radius 3 is 1.46 bits per heavy atom. The minimum Gasteiger partial charge on any atom is -0.496 e. The summed E-state index contributed by atoms with van der Waals surface area (Å²) in [6.45, 7) is 4.12. The van der Waals surface area contributed by atoms with E-state index in [2.05, 4.69) is 51.2 Å². The molecule has 0 spiro atoms. The maximum absolute atomic E-state index is 13.2. The van der Waals surface area contributed by atoms with Gasteiger partial charge in [0.05, 0.1) is 45.8 Å².